The molecule has 0 radical (unpaired) electrons. The fourth-order valence-electron chi connectivity index (χ4n) is 1.53. The van der Waals surface area contributed by atoms with Gasteiger partial charge in [0, 0.05) is 0 Å². The second kappa shape index (κ2) is 5.72. The maximum Gasteiger partial charge on any atom is 0.373 e. The van der Waals surface area contributed by atoms with Crippen LogP contribution in [-0.2, 0) is 6.42 Å². The largest absolute Gasteiger partial charge is 0.373 e. The lowest BCUT2D eigenvalue weighted by molar-refractivity contribution is 0.237. The molecule has 0 bridgehead atoms. The Kier molecular flexibility index (Phi) is 4.03. The summed E-state index contributed by atoms with van der Waals surface area (Å²) in [5.74, 6) is 0. The van der Waals surface area contributed by atoms with Crippen LogP contribution in [0.2, 0.25) is 5.15 Å². The predicted molar refractivity (Wildman–Crippen MR) is 64.5 cm³/mol. The van der Waals surface area contributed by atoms with Crippen molar-refractivity contribution in [2.75, 3.05) is 0 Å². The number of carbonyl (C=O) groups excluding carboxylic acids is 1. The van der Waals surface area contributed by atoms with Crippen LogP contribution in [-0.4, -0.2) is 36.0 Å². The van der Waals surface area contributed by atoms with Crippen LogP contribution in [0.4, 0.5) is 4.79 Å². The molecule has 7 nitrogen and oxygen atoms in total. The van der Waals surface area contributed by atoms with Gasteiger partial charge in [-0.3, -0.25) is 0 Å². The minimum absolute atomic E-state index is 0.242. The van der Waals surface area contributed by atoms with Crippen molar-refractivity contribution in [1.29, 1.82) is 0 Å². The Labute approximate surface area is 109 Å². The maximum absolute atomic E-state index is 11.9. The number of hydrogen-bond donors (Lipinski definition) is 0. The van der Waals surface area contributed by atoms with E-state index in [-0.39, 0.29) is 5.15 Å². The van der Waals surface area contributed by atoms with Gasteiger partial charge >= 0.3 is 6.03 Å². The molecule has 0 atom stereocenters. The van der Waals surface area contributed by atoms with Gasteiger partial charge < -0.3 is 0 Å². The zero-order chi connectivity index (χ0) is 13.0. The van der Waals surface area contributed by atoms with Crippen molar-refractivity contribution < 1.29 is 4.79 Å². The van der Waals surface area contributed by atoms with Crippen molar-refractivity contribution in [3.8, 4) is 0 Å². The third-order valence-corrected chi connectivity index (χ3v) is 2.87. The highest BCUT2D eigenvalue weighted by atomic mass is 35.5. The average Bonchev–Trinajstić information content (AvgIpc) is 3.00. The Morgan fingerprint density at radius 1 is 1.39 bits per heavy atom. The van der Waals surface area contributed by atoms with Gasteiger partial charge in [-0.05, 0) is 12.8 Å². The van der Waals surface area contributed by atoms with E-state index in [0.29, 0.717) is 5.69 Å². The summed E-state index contributed by atoms with van der Waals surface area (Å²) in [6.45, 7) is 2.12. The van der Waals surface area contributed by atoms with Crippen molar-refractivity contribution in [2.24, 2.45) is 0 Å². The molecule has 2 rings (SSSR count). The highest BCUT2D eigenvalue weighted by Crippen LogP contribution is 2.15. The van der Waals surface area contributed by atoms with Crippen LogP contribution in [0, 0.1) is 0 Å². The minimum Gasteiger partial charge on any atom is -0.243 e. The topological polar surface area (TPSA) is 78.5 Å². The number of aryl methyl sites for hydroxylation is 1. The lowest BCUT2D eigenvalue weighted by atomic mass is 10.2. The van der Waals surface area contributed by atoms with E-state index in [9.17, 15) is 4.79 Å². The Balaban J connectivity index is 2.13. The van der Waals surface area contributed by atoms with Crippen LogP contribution in [0.3, 0.4) is 0 Å². The highest BCUT2D eigenvalue weighted by Gasteiger charge is 2.17. The van der Waals surface area contributed by atoms with Gasteiger partial charge in [0.1, 0.15) is 5.69 Å². The molecule has 0 aliphatic heterocycles. The summed E-state index contributed by atoms with van der Waals surface area (Å²) in [5.41, 5.74) is 0.638. The molecule has 0 spiro atoms. The first-order valence-electron chi connectivity index (χ1n) is 5.75. The average molecular weight is 269 g/mol. The van der Waals surface area contributed by atoms with Crippen molar-refractivity contribution in [3.63, 3.8) is 0 Å². The molecule has 0 amide bonds. The molecule has 8 heteroatoms. The van der Waals surface area contributed by atoms with Crippen LogP contribution in [0.1, 0.15) is 31.9 Å². The van der Waals surface area contributed by atoms with Gasteiger partial charge in [-0.25, -0.2) is 4.79 Å². The van der Waals surface area contributed by atoms with Gasteiger partial charge in [-0.1, -0.05) is 41.8 Å². The monoisotopic (exact) mass is 268 g/mol. The molecule has 0 saturated heterocycles. The van der Waals surface area contributed by atoms with E-state index in [1.54, 1.807) is 0 Å². The van der Waals surface area contributed by atoms with E-state index in [4.69, 9.17) is 11.6 Å². The standard InChI is InChI=1S/C10H13ClN6O/c1-2-3-4-5-8-9(11)17(15-13-8)10(18)16-7-6-12-14-16/h6-7H,2-5H2,1H3. The zero-order valence-electron chi connectivity index (χ0n) is 9.95. The van der Waals surface area contributed by atoms with Crippen molar-refractivity contribution in [2.45, 2.75) is 32.6 Å². The number of nitrogens with zero attached hydrogens (tertiary/aromatic N) is 6. The van der Waals surface area contributed by atoms with Crippen LogP contribution >= 0.6 is 11.6 Å². The van der Waals surface area contributed by atoms with Gasteiger partial charge in [0.05, 0.1) is 12.4 Å². The van der Waals surface area contributed by atoms with E-state index in [2.05, 4.69) is 27.5 Å². The van der Waals surface area contributed by atoms with E-state index in [1.807, 2.05) is 0 Å². The van der Waals surface area contributed by atoms with Gasteiger partial charge in [0.2, 0.25) is 0 Å². The predicted octanol–water partition coefficient (Wildman–Crippen LogP) is 1.77. The molecule has 0 saturated carbocycles. The second-order valence-corrected chi connectivity index (χ2v) is 4.18. The smallest absolute Gasteiger partial charge is 0.243 e. The third-order valence-electron chi connectivity index (χ3n) is 2.50. The molecule has 0 aromatic carbocycles. The lowest BCUT2D eigenvalue weighted by Gasteiger charge is -1.99. The number of aromatic nitrogens is 6. The van der Waals surface area contributed by atoms with Gasteiger partial charge in [0.15, 0.2) is 5.15 Å². The van der Waals surface area contributed by atoms with Crippen LogP contribution in [0.15, 0.2) is 12.4 Å². The minimum atomic E-state index is -0.494. The van der Waals surface area contributed by atoms with Gasteiger partial charge in [-0.15, -0.1) is 14.9 Å². The van der Waals surface area contributed by atoms with E-state index in [0.717, 1.165) is 35.0 Å². The molecule has 0 aliphatic rings. The normalized spacial score (nSPS) is 10.8. The summed E-state index contributed by atoms with van der Waals surface area (Å²) in [5, 5.41) is 15.0. The Morgan fingerprint density at radius 3 is 2.89 bits per heavy atom. The number of hydrogen-bond acceptors (Lipinski definition) is 5. The number of carbonyl (C=O) groups is 1. The fraction of sp³-hybridized carbons (Fsp3) is 0.500. The van der Waals surface area contributed by atoms with Crippen LogP contribution in [0.25, 0.3) is 0 Å². The summed E-state index contributed by atoms with van der Waals surface area (Å²) in [7, 11) is 0. The molecule has 0 N–H and O–H groups in total. The number of halogens is 1. The number of unbranched alkanes of at least 4 members (excludes halogenated alkanes) is 2. The number of rotatable bonds is 4. The van der Waals surface area contributed by atoms with Crippen molar-refractivity contribution in [3.05, 3.63) is 23.2 Å². The molecular weight excluding hydrogens is 256 g/mol. The molecule has 0 fully saturated rings. The van der Waals surface area contributed by atoms with Gasteiger partial charge in [0.25, 0.3) is 0 Å². The van der Waals surface area contributed by atoms with Crippen LogP contribution < -0.4 is 0 Å². The quantitative estimate of drug-likeness (QED) is 0.790. The summed E-state index contributed by atoms with van der Waals surface area (Å²) in [4.78, 5) is 11.9. The van der Waals surface area contributed by atoms with E-state index >= 15 is 0 Å². The highest BCUT2D eigenvalue weighted by molar-refractivity contribution is 6.31. The zero-order valence-corrected chi connectivity index (χ0v) is 10.7. The van der Waals surface area contributed by atoms with Crippen molar-refractivity contribution in [1.82, 2.24) is 30.0 Å². The molecule has 18 heavy (non-hydrogen) atoms. The molecular formula is C10H13ClN6O. The van der Waals surface area contributed by atoms with E-state index < -0.39 is 6.03 Å². The maximum atomic E-state index is 11.9. The Morgan fingerprint density at radius 2 is 2.22 bits per heavy atom. The summed E-state index contributed by atoms with van der Waals surface area (Å²) in [6.07, 6.45) is 6.75. The summed E-state index contributed by atoms with van der Waals surface area (Å²) in [6, 6.07) is -0.494. The second-order valence-electron chi connectivity index (χ2n) is 3.83. The van der Waals surface area contributed by atoms with Crippen LogP contribution in [0.5, 0.6) is 0 Å². The fourth-order valence-corrected chi connectivity index (χ4v) is 1.76. The first-order valence-corrected chi connectivity index (χ1v) is 6.13. The van der Waals surface area contributed by atoms with E-state index in [1.165, 1.54) is 12.4 Å². The van der Waals surface area contributed by atoms with Crippen molar-refractivity contribution >= 4 is 17.6 Å². The Hall–Kier alpha value is -1.76. The van der Waals surface area contributed by atoms with Gasteiger partial charge in [-0.2, -0.15) is 4.68 Å². The summed E-state index contributed by atoms with van der Waals surface area (Å²) >= 11 is 6.07. The molecule has 0 unspecified atom stereocenters. The first-order chi connectivity index (χ1) is 8.74. The molecule has 2 aromatic heterocycles. The Bertz CT molecular complexity index is 520. The third kappa shape index (κ3) is 2.56. The lowest BCUT2D eigenvalue weighted by Crippen LogP contribution is -2.21. The SMILES string of the molecule is CCCCCc1nnn(C(=O)n2ccnn2)c1Cl. The summed E-state index contributed by atoms with van der Waals surface area (Å²) < 4.78 is 2.08. The molecule has 96 valence electrons. The molecule has 2 aromatic rings. The molecule has 2 heterocycles. The molecule has 0 aliphatic carbocycles. The first kappa shape index (κ1) is 12.7.